The van der Waals surface area contributed by atoms with Gasteiger partial charge in [-0.15, -0.1) is 0 Å². The van der Waals surface area contributed by atoms with Crippen LogP contribution in [0, 0.1) is 66.9 Å². The summed E-state index contributed by atoms with van der Waals surface area (Å²) in [6.07, 6.45) is 32.6. The molecule has 0 aromatic carbocycles. The molecule has 0 bridgehead atoms. The Morgan fingerprint density at radius 3 is 1.23 bits per heavy atom. The molecule has 0 amide bonds. The van der Waals surface area contributed by atoms with Gasteiger partial charge in [-0.2, -0.15) is 49.1 Å². The summed E-state index contributed by atoms with van der Waals surface area (Å²) in [6, 6.07) is 19.0. The maximum atomic E-state index is 12.3. The molecule has 0 spiro atoms. The normalized spacial score (nSPS) is 15.2. The van der Waals surface area contributed by atoms with Crippen LogP contribution >= 0.6 is 23.2 Å². The molecular weight excluding hydrogens is 2010 g/mol. The lowest BCUT2D eigenvalue weighted by Gasteiger charge is -2.47. The maximum absolute atomic E-state index is 12.3. The van der Waals surface area contributed by atoms with Crippen LogP contribution in [0.5, 0.6) is 0 Å². The molecule has 49 heteroatoms. The highest BCUT2D eigenvalue weighted by molar-refractivity contribution is 7.89. The highest BCUT2D eigenvalue weighted by Crippen LogP contribution is 2.45. The first-order valence-electron chi connectivity index (χ1n) is 46.7. The molecule has 14 aromatic rings. The average molecular weight is 2130 g/mol. The summed E-state index contributed by atoms with van der Waals surface area (Å²) in [7, 11) is -13.3. The number of pyridine rings is 5. The Kier molecular flexibility index (Phi) is 36.0. The Hall–Kier alpha value is -13.2. The number of allylic oxidation sites excluding steroid dienone is 1. The molecule has 0 atom stereocenters. The summed E-state index contributed by atoms with van der Waals surface area (Å²) < 4.78 is 113. The molecular formula is C97H116BCl2N29O11S3Si3. The number of aromatic nitrogens is 18. The van der Waals surface area contributed by atoms with Gasteiger partial charge in [0.1, 0.15) is 59.5 Å². The van der Waals surface area contributed by atoms with E-state index in [2.05, 4.69) is 161 Å². The molecule has 762 valence electrons. The Morgan fingerprint density at radius 2 is 0.836 bits per heavy atom. The van der Waals surface area contributed by atoms with E-state index in [0.29, 0.717) is 101 Å². The Morgan fingerprint density at radius 1 is 0.473 bits per heavy atom. The van der Waals surface area contributed by atoms with E-state index in [1.807, 2.05) is 90.3 Å². The molecule has 0 aliphatic carbocycles. The number of sulfonamides is 3. The van der Waals surface area contributed by atoms with Crippen LogP contribution in [0.3, 0.4) is 0 Å². The highest BCUT2D eigenvalue weighted by atomic mass is 35.5. The van der Waals surface area contributed by atoms with Gasteiger partial charge in [-0.1, -0.05) is 82.1 Å². The first-order valence-corrected chi connectivity index (χ1v) is 63.4. The van der Waals surface area contributed by atoms with Crippen molar-refractivity contribution in [3.05, 3.63) is 221 Å². The quantitative estimate of drug-likeness (QED) is 0.0146. The molecule has 4 aliphatic rings. The van der Waals surface area contributed by atoms with Crippen molar-refractivity contribution >= 4 is 174 Å². The van der Waals surface area contributed by atoms with Crippen LogP contribution in [-0.2, 0) is 84.9 Å². The number of fused-ring (bicyclic) bond motifs is 5. The summed E-state index contributed by atoms with van der Waals surface area (Å²) in [6.45, 7) is 75.4. The van der Waals surface area contributed by atoms with Crippen molar-refractivity contribution in [2.45, 2.75) is 181 Å². The van der Waals surface area contributed by atoms with Crippen molar-refractivity contribution in [3.8, 4) is 51.6 Å². The number of H-pyrrole nitrogens is 4. The molecule has 4 saturated heterocycles. The lowest BCUT2D eigenvalue weighted by atomic mass is 9.82. The second kappa shape index (κ2) is 47.1. The maximum Gasteiger partial charge on any atom is 0.498 e. The van der Waals surface area contributed by atoms with Gasteiger partial charge >= 0.3 is 7.12 Å². The summed E-state index contributed by atoms with van der Waals surface area (Å²) in [4.78, 5) is 44.9. The highest BCUT2D eigenvalue weighted by Gasteiger charge is 2.53. The number of nitrogens with one attached hydrogen (secondary N) is 4. The molecule has 4 fully saturated rings. The third-order valence-electron chi connectivity index (χ3n) is 25.1. The fourth-order valence-electron chi connectivity index (χ4n) is 15.7. The van der Waals surface area contributed by atoms with E-state index in [1.165, 1.54) is 37.6 Å². The average Bonchev–Trinajstić information content (AvgIpc) is 1.31. The second-order valence-electron chi connectivity index (χ2n) is 39.6. The number of ether oxygens (including phenoxy) is 3. The monoisotopic (exact) mass is 2120 g/mol. The van der Waals surface area contributed by atoms with E-state index < -0.39 is 65.4 Å². The molecule has 18 rings (SSSR count). The van der Waals surface area contributed by atoms with Gasteiger partial charge in [-0.3, -0.25) is 29.5 Å². The van der Waals surface area contributed by atoms with Gasteiger partial charge in [0.2, 0.25) is 58.5 Å². The number of nitrogens with zero attached hydrogens (tertiary/aromatic N) is 25. The van der Waals surface area contributed by atoms with Crippen LogP contribution in [0.4, 0.5) is 28.4 Å². The largest absolute Gasteiger partial charge is 0.498 e. The topological polar surface area (TPSA) is 455 Å². The van der Waals surface area contributed by atoms with Crippen molar-refractivity contribution in [2.75, 3.05) is 76.3 Å². The van der Waals surface area contributed by atoms with Crippen LogP contribution in [0.1, 0.15) is 61.3 Å². The number of nitriles is 3. The van der Waals surface area contributed by atoms with Crippen LogP contribution in [0.2, 0.25) is 87.1 Å². The molecule has 0 saturated carbocycles. The summed E-state index contributed by atoms with van der Waals surface area (Å²) in [5.74, 6) is 0.172. The number of halogens is 2. The Bertz CT molecular complexity index is 7760. The van der Waals surface area contributed by atoms with Gasteiger partial charge in [0.25, 0.3) is 0 Å². The number of aromatic amines is 4. The number of hydrogen-bond donors (Lipinski definition) is 4. The number of hydrogen-bond acceptors (Lipinski definition) is 23. The van der Waals surface area contributed by atoms with Gasteiger partial charge in [0.05, 0.1) is 121 Å². The van der Waals surface area contributed by atoms with E-state index in [9.17, 15) is 35.8 Å². The van der Waals surface area contributed by atoms with Crippen molar-refractivity contribution in [3.63, 3.8) is 0 Å². The van der Waals surface area contributed by atoms with Crippen molar-refractivity contribution in [1.29, 1.82) is 15.8 Å². The van der Waals surface area contributed by atoms with Gasteiger partial charge in [-0.05, 0) is 103 Å². The minimum absolute atomic E-state index is 0.0161. The third-order valence-corrected chi connectivity index (χ3v) is 36.4. The smallest absolute Gasteiger partial charge is 0.399 e. The zero-order valence-electron chi connectivity index (χ0n) is 84.2. The lowest BCUT2D eigenvalue weighted by molar-refractivity contribution is 0.00578. The second-order valence-corrected chi connectivity index (χ2v) is 64.0. The third kappa shape index (κ3) is 26.2. The van der Waals surface area contributed by atoms with Crippen molar-refractivity contribution in [1.82, 2.24) is 101 Å². The summed E-state index contributed by atoms with van der Waals surface area (Å²) in [5, 5.41) is 54.4. The molecule has 4 aliphatic heterocycles. The van der Waals surface area contributed by atoms with Gasteiger partial charge < -0.3 is 47.2 Å². The van der Waals surface area contributed by atoms with E-state index in [1.54, 1.807) is 111 Å². The van der Waals surface area contributed by atoms with Gasteiger partial charge in [0, 0.05) is 248 Å². The Labute approximate surface area is 863 Å². The van der Waals surface area contributed by atoms with Gasteiger partial charge in [0.15, 0.2) is 0 Å². The molecule has 40 nitrogen and oxygen atoms in total. The van der Waals surface area contributed by atoms with E-state index in [0.717, 1.165) is 108 Å². The number of rotatable bonds is 29. The first-order chi connectivity index (χ1) is 69.2. The fraction of sp³-hybridized carbons (Fsp3) is 0.412. The predicted molar refractivity (Wildman–Crippen MR) is 573 cm³/mol. The Balaban J connectivity index is 0.000000157. The van der Waals surface area contributed by atoms with Crippen molar-refractivity contribution < 1.29 is 48.8 Å². The van der Waals surface area contributed by atoms with Crippen molar-refractivity contribution in [2.24, 2.45) is 0 Å². The molecule has 146 heavy (non-hydrogen) atoms. The lowest BCUT2D eigenvalue weighted by Crippen LogP contribution is -2.64. The predicted octanol–water partition coefficient (Wildman–Crippen LogP) is 18.7. The summed E-state index contributed by atoms with van der Waals surface area (Å²) >= 11 is 12.1. The SMILES string of the molecule is CC1(C)OB(c2cn[nH]c2)OC1(C)C.CCS(=O)(=O)N1CC(=CC#N)C1.[C-]#[N+]c1cnc2[nH]ccc2c1-c1cnn(C2(CC#N)CN(S(=O)(=O)CC)C2)c1.[C-]#[N+]c1cnc2[nH]ccc2c1Cl.[C-]#[N+]c1cnc2c(ccn2COCC[Si](C)(C)C)c1-c1cn[nH]c1.[C-]#[N+]c1cnc2c(ccn2COCC[Si](C)(C)C)c1-c1cnn(C2(CC#N)CN(S(=O)(=O)CC)C2)c1.[C-]#[N+]c1cnc2c(ccn2COCC[Si](C)(C)C)c1Cl. The van der Waals surface area contributed by atoms with Gasteiger partial charge in [-0.25, -0.2) is 64.4 Å². The van der Waals surface area contributed by atoms with Crippen LogP contribution in [0.15, 0.2) is 154 Å². The molecule has 18 heterocycles. The van der Waals surface area contributed by atoms with Crippen LogP contribution in [-0.4, -0.2) is 246 Å². The minimum atomic E-state index is -3.34. The molecule has 0 unspecified atom stereocenters. The molecule has 0 radical (unpaired) electrons. The van der Waals surface area contributed by atoms with E-state index in [-0.39, 0.29) is 74.6 Å². The first kappa shape index (κ1) is 112. The fourth-order valence-corrected chi connectivity index (χ4v) is 22.0. The zero-order chi connectivity index (χ0) is 106. The van der Waals surface area contributed by atoms with Crippen LogP contribution in [0.25, 0.3) is 113 Å². The minimum Gasteiger partial charge on any atom is -0.399 e. The standard InChI is InChI=1S/C24H31N7O3SSi.C18H17N7O2S.C17H21N5OSi.C14H18ClN3OSi.C9H15BN2O2.C8H4ClN3.C7H10N2O2S/c1-6-35(32,33)30-16-24(17-30,8-9-25)31-15-19(13-28-31)22-20-7-10-29(18-34-11-12-36(3,4)5)23(20)27-14-21(22)26-2;1-3-28(26,27)24-11-18(12-24,5-6-19)25-10-13(8-23-25)16-14-4-7-21-17(14)22-9-15(16)20-2;1-18-15-11-19-17-14(16(15)13-9-20-21-10-13)5-6-22(17)12-23-7-8-24(2,3)4;1-16-12-9-17-14-11(13(12)15)5-6-18(14)10-19-7-8-20(2,3)4;1-8(2)9(3,4)14-10(13-8)7-5-11-12-6-7;1-10-6-4-12-8-5(7(6)9)2-3-11-8;1-2-12(10,11)9-5-7(6-9)3-4-8/h7,10,13-15H,6,8,11-12,16-18H2,1,3-5H3;4,7-10H,3,5,11-12H2,1H3,(H,21,22);5-6,9-11H,7-8,12H2,2-4H3,(H,20,21);5-6,9H,7-8,10H2,2-4H3;5-6H,1-4H3,(H,11,12);2-4H,(H,11,12);3H,2,5-6H2,1H3. The molecule has 14 aromatic heterocycles. The summed E-state index contributed by atoms with van der Waals surface area (Å²) in [5.41, 5.74) is 10.3. The van der Waals surface area contributed by atoms with E-state index in [4.69, 9.17) is 84.8 Å². The van der Waals surface area contributed by atoms with Crippen LogP contribution < -0.4 is 5.46 Å². The molecule has 4 N–H and O–H groups in total. The zero-order valence-corrected chi connectivity index (χ0v) is 91.2. The van der Waals surface area contributed by atoms with E-state index >= 15 is 0 Å².